The largest absolute Gasteiger partial charge is 0.492 e. The van der Waals surface area contributed by atoms with E-state index in [2.05, 4.69) is 22.8 Å². The molecule has 2 heterocycles. The average molecular weight is 345 g/mol. The van der Waals surface area contributed by atoms with E-state index in [1.165, 1.54) is 11.3 Å². The minimum Gasteiger partial charge on any atom is -0.492 e. The summed E-state index contributed by atoms with van der Waals surface area (Å²) >= 11 is 0. The summed E-state index contributed by atoms with van der Waals surface area (Å²) in [5.74, 6) is 0.790. The minimum atomic E-state index is -0.140. The number of anilines is 2. The van der Waals surface area contributed by atoms with E-state index in [4.69, 9.17) is 4.74 Å². The predicted molar refractivity (Wildman–Crippen MR) is 98.3 cm³/mol. The number of aryl methyl sites for hydroxylation is 1. The van der Waals surface area contributed by atoms with Gasteiger partial charge in [-0.1, -0.05) is 18.2 Å². The Bertz CT molecular complexity index is 748. The lowest BCUT2D eigenvalue weighted by molar-refractivity contribution is -0.121. The van der Waals surface area contributed by atoms with E-state index in [-0.39, 0.29) is 24.2 Å². The Morgan fingerprint density at radius 2 is 2.04 bits per heavy atom. The van der Waals surface area contributed by atoms with Crippen LogP contribution in [0.1, 0.15) is 17.5 Å². The molecule has 0 bridgehead atoms. The van der Waals surface area contributed by atoms with Crippen molar-refractivity contribution in [2.45, 2.75) is 19.3 Å². The number of fused-ring (bicyclic) bond motifs is 2. The van der Waals surface area contributed by atoms with Gasteiger partial charge >= 0.3 is 0 Å². The van der Waals surface area contributed by atoms with Gasteiger partial charge < -0.3 is 15.4 Å². The quantitative estimate of drug-likeness (QED) is 0.874. The summed E-state index contributed by atoms with van der Waals surface area (Å²) in [5, 5.41) is 6.43. The zero-order valence-corrected chi connectivity index (χ0v) is 14.2. The number of para-hydroxylation sites is 1. The van der Waals surface area contributed by atoms with E-state index in [1.807, 2.05) is 30.3 Å². The van der Waals surface area contributed by atoms with Crippen LogP contribution >= 0.6 is 12.4 Å². The molecular weight excluding hydrogens is 324 g/mol. The van der Waals surface area contributed by atoms with Crippen molar-refractivity contribution in [2.75, 3.05) is 23.8 Å². The van der Waals surface area contributed by atoms with Crippen molar-refractivity contribution < 1.29 is 9.53 Å². The number of amides is 1. The molecule has 2 aliphatic rings. The monoisotopic (exact) mass is 344 g/mol. The lowest BCUT2D eigenvalue weighted by Gasteiger charge is -2.25. The van der Waals surface area contributed by atoms with Crippen molar-refractivity contribution in [3.05, 3.63) is 53.6 Å². The molecular formula is C19H21ClN2O2. The highest BCUT2D eigenvalue weighted by molar-refractivity contribution is 5.93. The highest BCUT2D eigenvalue weighted by Gasteiger charge is 2.26. The number of benzene rings is 2. The normalized spacial score (nSPS) is 18.1. The number of carbonyl (C=O) groups is 1. The van der Waals surface area contributed by atoms with Crippen LogP contribution in [0.15, 0.2) is 42.5 Å². The smallest absolute Gasteiger partial charge is 0.231 e. The van der Waals surface area contributed by atoms with Crippen LogP contribution in [0, 0.1) is 5.92 Å². The summed E-state index contributed by atoms with van der Waals surface area (Å²) in [4.78, 5) is 12.5. The van der Waals surface area contributed by atoms with Crippen molar-refractivity contribution in [1.29, 1.82) is 0 Å². The van der Waals surface area contributed by atoms with Crippen molar-refractivity contribution in [2.24, 2.45) is 5.92 Å². The van der Waals surface area contributed by atoms with Gasteiger partial charge in [0.1, 0.15) is 12.4 Å². The van der Waals surface area contributed by atoms with Gasteiger partial charge in [-0.15, -0.1) is 12.4 Å². The molecule has 24 heavy (non-hydrogen) atoms. The van der Waals surface area contributed by atoms with E-state index < -0.39 is 0 Å². The summed E-state index contributed by atoms with van der Waals surface area (Å²) in [6.45, 7) is 1.47. The fourth-order valence-electron chi connectivity index (χ4n) is 3.29. The molecule has 0 radical (unpaired) electrons. The number of ether oxygens (including phenoxy) is 1. The summed E-state index contributed by atoms with van der Waals surface area (Å²) in [6, 6.07) is 14.0. The summed E-state index contributed by atoms with van der Waals surface area (Å²) < 4.78 is 5.71. The molecule has 126 valence electrons. The van der Waals surface area contributed by atoms with Crippen molar-refractivity contribution in [3.63, 3.8) is 0 Å². The molecule has 0 saturated carbocycles. The molecule has 2 aromatic carbocycles. The maximum absolute atomic E-state index is 12.5. The topological polar surface area (TPSA) is 50.4 Å². The molecule has 4 nitrogen and oxygen atoms in total. The number of hydrogen-bond donors (Lipinski definition) is 2. The van der Waals surface area contributed by atoms with Crippen LogP contribution in [-0.2, 0) is 17.6 Å². The van der Waals surface area contributed by atoms with E-state index in [1.54, 1.807) is 0 Å². The number of halogens is 1. The maximum atomic E-state index is 12.5. The fraction of sp³-hybridized carbons (Fsp3) is 0.316. The first-order chi connectivity index (χ1) is 11.3. The van der Waals surface area contributed by atoms with E-state index in [0.29, 0.717) is 6.61 Å². The SMILES string of the molecule is Cl.O=C(Nc1ccc2c(c1)CCCN2)C1COc2ccccc2C1. The number of nitrogens with one attached hydrogen (secondary N) is 2. The van der Waals surface area contributed by atoms with Gasteiger partial charge in [-0.25, -0.2) is 0 Å². The van der Waals surface area contributed by atoms with Crippen LogP contribution in [0.3, 0.4) is 0 Å². The Hall–Kier alpha value is -2.20. The third-order valence-corrected chi connectivity index (χ3v) is 4.56. The van der Waals surface area contributed by atoms with Gasteiger partial charge in [-0.2, -0.15) is 0 Å². The summed E-state index contributed by atoms with van der Waals surface area (Å²) in [5.41, 5.74) is 4.44. The molecule has 0 spiro atoms. The van der Waals surface area contributed by atoms with Gasteiger partial charge in [-0.05, 0) is 54.7 Å². The molecule has 1 unspecified atom stereocenters. The Morgan fingerprint density at radius 3 is 2.96 bits per heavy atom. The first kappa shape index (κ1) is 16.7. The molecule has 1 atom stereocenters. The van der Waals surface area contributed by atoms with Crippen LogP contribution < -0.4 is 15.4 Å². The molecule has 2 N–H and O–H groups in total. The molecule has 4 rings (SSSR count). The number of hydrogen-bond acceptors (Lipinski definition) is 3. The van der Waals surface area contributed by atoms with Gasteiger partial charge in [0.05, 0.1) is 5.92 Å². The molecule has 0 fully saturated rings. The van der Waals surface area contributed by atoms with Gasteiger partial charge in [0.2, 0.25) is 5.91 Å². The molecule has 0 aromatic heterocycles. The first-order valence-electron chi connectivity index (χ1n) is 8.18. The summed E-state index contributed by atoms with van der Waals surface area (Å²) in [6.07, 6.45) is 2.93. The zero-order valence-electron chi connectivity index (χ0n) is 13.4. The second kappa shape index (κ2) is 7.14. The second-order valence-electron chi connectivity index (χ2n) is 6.21. The Morgan fingerprint density at radius 1 is 1.17 bits per heavy atom. The number of rotatable bonds is 2. The lowest BCUT2D eigenvalue weighted by atomic mass is 9.96. The Balaban J connectivity index is 0.00000169. The average Bonchev–Trinajstić information content (AvgIpc) is 2.61. The van der Waals surface area contributed by atoms with Gasteiger partial charge in [-0.3, -0.25) is 4.79 Å². The van der Waals surface area contributed by atoms with E-state index in [0.717, 1.165) is 42.8 Å². The Labute approximate surface area is 148 Å². The fourth-order valence-corrected chi connectivity index (χ4v) is 3.29. The predicted octanol–water partition coefficient (Wildman–Crippen LogP) is 3.66. The van der Waals surface area contributed by atoms with Crippen LogP contribution in [0.2, 0.25) is 0 Å². The van der Waals surface area contributed by atoms with E-state index >= 15 is 0 Å². The summed E-state index contributed by atoms with van der Waals surface area (Å²) in [7, 11) is 0. The van der Waals surface area contributed by atoms with Crippen LogP contribution in [0.4, 0.5) is 11.4 Å². The van der Waals surface area contributed by atoms with Gasteiger partial charge in [0.25, 0.3) is 0 Å². The highest BCUT2D eigenvalue weighted by Crippen LogP contribution is 2.29. The van der Waals surface area contributed by atoms with Crippen molar-refractivity contribution in [3.8, 4) is 5.75 Å². The van der Waals surface area contributed by atoms with Gasteiger partial charge in [0.15, 0.2) is 0 Å². The molecule has 5 heteroatoms. The number of carbonyl (C=O) groups excluding carboxylic acids is 1. The van der Waals surface area contributed by atoms with Crippen molar-refractivity contribution >= 4 is 29.7 Å². The van der Waals surface area contributed by atoms with Crippen LogP contribution in [0.5, 0.6) is 5.75 Å². The van der Waals surface area contributed by atoms with E-state index in [9.17, 15) is 4.79 Å². The standard InChI is InChI=1S/C19H20N2O2.ClH/c22-19(15-10-14-4-1-2-6-18(14)23-12-15)21-16-7-8-17-13(11-16)5-3-9-20-17;/h1-2,4,6-8,11,15,20H,3,5,9-10,12H2,(H,21,22);1H. The van der Waals surface area contributed by atoms with Crippen LogP contribution in [-0.4, -0.2) is 19.1 Å². The molecule has 1 amide bonds. The molecule has 2 aromatic rings. The Kier molecular flexibility index (Phi) is 4.95. The minimum absolute atomic E-state index is 0. The third-order valence-electron chi connectivity index (χ3n) is 4.56. The lowest BCUT2D eigenvalue weighted by Crippen LogP contribution is -2.32. The highest BCUT2D eigenvalue weighted by atomic mass is 35.5. The van der Waals surface area contributed by atoms with Crippen LogP contribution in [0.25, 0.3) is 0 Å². The molecule has 2 aliphatic heterocycles. The zero-order chi connectivity index (χ0) is 15.6. The maximum Gasteiger partial charge on any atom is 0.231 e. The van der Waals surface area contributed by atoms with Crippen molar-refractivity contribution in [1.82, 2.24) is 0 Å². The first-order valence-corrected chi connectivity index (χ1v) is 8.18. The van der Waals surface area contributed by atoms with Gasteiger partial charge in [0, 0.05) is 17.9 Å². The molecule has 0 aliphatic carbocycles. The third kappa shape index (κ3) is 3.34. The molecule has 0 saturated heterocycles. The second-order valence-corrected chi connectivity index (χ2v) is 6.21.